The van der Waals surface area contributed by atoms with Gasteiger partial charge in [0.25, 0.3) is 0 Å². The van der Waals surface area contributed by atoms with Gasteiger partial charge >= 0.3 is 0 Å². The van der Waals surface area contributed by atoms with E-state index in [1.807, 2.05) is 0 Å². The second-order valence-corrected chi connectivity index (χ2v) is 2.32. The molecule has 0 aliphatic carbocycles. The molecule has 1 unspecified atom stereocenters. The van der Waals surface area contributed by atoms with Crippen LogP contribution in [0.2, 0.25) is 0 Å². The average Bonchev–Trinajstić information content (AvgIpc) is 2.17. The van der Waals surface area contributed by atoms with Crippen molar-refractivity contribution >= 4 is 5.91 Å². The van der Waals surface area contributed by atoms with Crippen LogP contribution in [0.25, 0.3) is 0 Å². The molecule has 0 bridgehead atoms. The molecule has 1 atom stereocenters. The molecule has 0 saturated carbocycles. The summed E-state index contributed by atoms with van der Waals surface area (Å²) in [5.41, 5.74) is 0. The lowest BCUT2D eigenvalue weighted by Gasteiger charge is -2.04. The molecule has 1 aliphatic rings. The summed E-state index contributed by atoms with van der Waals surface area (Å²) >= 11 is 0. The first-order valence-corrected chi connectivity index (χ1v) is 3.23. The third kappa shape index (κ3) is 1.68. The highest BCUT2D eigenvalue weighted by atomic mass is 16.3. The van der Waals surface area contributed by atoms with E-state index in [1.165, 1.54) is 0 Å². The van der Waals surface area contributed by atoms with Crippen LogP contribution in [0, 0.1) is 0 Å². The zero-order chi connectivity index (χ0) is 6.69. The Kier molecular flexibility index (Phi) is 2.05. The summed E-state index contributed by atoms with van der Waals surface area (Å²) in [7, 11) is 0. The van der Waals surface area contributed by atoms with Crippen molar-refractivity contribution in [1.29, 1.82) is 0 Å². The molecule has 1 heterocycles. The van der Waals surface area contributed by atoms with E-state index in [-0.39, 0.29) is 18.6 Å². The van der Waals surface area contributed by atoms with Gasteiger partial charge in [-0.05, 0) is 12.8 Å². The number of nitrogens with one attached hydrogen (secondary N) is 1. The van der Waals surface area contributed by atoms with Crippen molar-refractivity contribution in [1.82, 2.24) is 5.32 Å². The molecule has 1 amide bonds. The third-order valence-corrected chi connectivity index (χ3v) is 1.56. The van der Waals surface area contributed by atoms with Gasteiger partial charge in [0.1, 0.15) is 0 Å². The molecule has 9 heavy (non-hydrogen) atoms. The van der Waals surface area contributed by atoms with Crippen LogP contribution in [-0.2, 0) is 4.79 Å². The highest BCUT2D eigenvalue weighted by molar-refractivity contribution is 5.78. The molecule has 1 saturated heterocycles. The van der Waals surface area contributed by atoms with Crippen LogP contribution in [0.3, 0.4) is 0 Å². The first-order valence-electron chi connectivity index (χ1n) is 3.23. The van der Waals surface area contributed by atoms with Crippen molar-refractivity contribution in [3.8, 4) is 0 Å². The predicted molar refractivity (Wildman–Crippen MR) is 32.9 cm³/mol. The number of amides is 1. The summed E-state index contributed by atoms with van der Waals surface area (Å²) in [6.07, 6.45) is 2.22. The molecule has 3 nitrogen and oxygen atoms in total. The molecule has 0 aromatic rings. The molecule has 0 aromatic heterocycles. The van der Waals surface area contributed by atoms with E-state index in [0.29, 0.717) is 12.8 Å². The zero-order valence-electron chi connectivity index (χ0n) is 5.26. The van der Waals surface area contributed by atoms with Gasteiger partial charge in [-0.2, -0.15) is 0 Å². The van der Waals surface area contributed by atoms with Gasteiger partial charge in [-0.3, -0.25) is 4.79 Å². The van der Waals surface area contributed by atoms with E-state index < -0.39 is 0 Å². The molecule has 2 N–H and O–H groups in total. The average molecular weight is 129 g/mol. The van der Waals surface area contributed by atoms with Crippen LogP contribution in [0.1, 0.15) is 19.3 Å². The fourth-order valence-electron chi connectivity index (χ4n) is 1.05. The van der Waals surface area contributed by atoms with Gasteiger partial charge in [-0.15, -0.1) is 0 Å². The van der Waals surface area contributed by atoms with Gasteiger partial charge in [0, 0.05) is 19.1 Å². The second kappa shape index (κ2) is 2.82. The Hall–Kier alpha value is -0.570. The molecule has 1 rings (SSSR count). The van der Waals surface area contributed by atoms with Crippen molar-refractivity contribution in [3.05, 3.63) is 0 Å². The third-order valence-electron chi connectivity index (χ3n) is 1.56. The Bertz CT molecular complexity index is 114. The van der Waals surface area contributed by atoms with Gasteiger partial charge < -0.3 is 10.4 Å². The number of aliphatic hydroxyl groups excluding tert-OH is 1. The van der Waals surface area contributed by atoms with Gasteiger partial charge in [0.05, 0.1) is 0 Å². The zero-order valence-corrected chi connectivity index (χ0v) is 5.26. The minimum absolute atomic E-state index is 0.119. The summed E-state index contributed by atoms with van der Waals surface area (Å²) < 4.78 is 0. The van der Waals surface area contributed by atoms with E-state index in [2.05, 4.69) is 5.32 Å². The summed E-state index contributed by atoms with van der Waals surface area (Å²) in [6.45, 7) is 0.172. The van der Waals surface area contributed by atoms with Crippen molar-refractivity contribution in [3.63, 3.8) is 0 Å². The molecular weight excluding hydrogens is 118 g/mol. The molecule has 0 aromatic carbocycles. The summed E-state index contributed by atoms with van der Waals surface area (Å²) in [5, 5.41) is 11.2. The minimum atomic E-state index is 0.119. The molecule has 52 valence electrons. The number of rotatable bonds is 2. The van der Waals surface area contributed by atoms with Gasteiger partial charge in [-0.25, -0.2) is 0 Å². The maximum Gasteiger partial charge on any atom is 0.220 e. The van der Waals surface area contributed by atoms with E-state index in [1.54, 1.807) is 0 Å². The highest BCUT2D eigenvalue weighted by Gasteiger charge is 2.19. The van der Waals surface area contributed by atoms with Crippen LogP contribution in [0.15, 0.2) is 0 Å². The fourth-order valence-corrected chi connectivity index (χ4v) is 1.05. The standard InChI is InChI=1S/C6H11NO2/c8-4-3-5-1-2-6(9)7-5/h5,8H,1-4H2,(H,7,9). The van der Waals surface area contributed by atoms with Crippen LogP contribution < -0.4 is 5.32 Å². The predicted octanol–water partition coefficient (Wildman–Crippen LogP) is -0.353. The fraction of sp³-hybridized carbons (Fsp3) is 0.833. The van der Waals surface area contributed by atoms with Gasteiger partial charge in [0.2, 0.25) is 5.91 Å². The van der Waals surface area contributed by atoms with Crippen LogP contribution >= 0.6 is 0 Å². The van der Waals surface area contributed by atoms with Crippen LogP contribution in [0.4, 0.5) is 0 Å². The number of hydrogen-bond acceptors (Lipinski definition) is 2. The van der Waals surface area contributed by atoms with E-state index in [9.17, 15) is 4.79 Å². The maximum atomic E-state index is 10.5. The number of hydrogen-bond donors (Lipinski definition) is 2. The SMILES string of the molecule is O=C1CCC(CCO)N1. The van der Waals surface area contributed by atoms with Crippen molar-refractivity contribution in [2.24, 2.45) is 0 Å². The lowest BCUT2D eigenvalue weighted by molar-refractivity contribution is -0.119. The number of carbonyl (C=O) groups is 1. The van der Waals surface area contributed by atoms with Crippen molar-refractivity contribution in [2.75, 3.05) is 6.61 Å². The summed E-state index contributed by atoms with van der Waals surface area (Å²) in [5.74, 6) is 0.119. The van der Waals surface area contributed by atoms with Gasteiger partial charge in [0.15, 0.2) is 0 Å². The molecule has 3 heteroatoms. The maximum absolute atomic E-state index is 10.5. The largest absolute Gasteiger partial charge is 0.396 e. The first kappa shape index (κ1) is 6.55. The number of aliphatic hydroxyl groups is 1. The Balaban J connectivity index is 2.22. The second-order valence-electron chi connectivity index (χ2n) is 2.32. The Labute approximate surface area is 54.1 Å². The normalized spacial score (nSPS) is 26.3. The first-order chi connectivity index (χ1) is 4.33. The van der Waals surface area contributed by atoms with E-state index in [0.717, 1.165) is 6.42 Å². The lowest BCUT2D eigenvalue weighted by Crippen LogP contribution is -2.25. The molecule has 0 radical (unpaired) electrons. The van der Waals surface area contributed by atoms with Crippen molar-refractivity contribution in [2.45, 2.75) is 25.3 Å². The van der Waals surface area contributed by atoms with E-state index >= 15 is 0 Å². The van der Waals surface area contributed by atoms with Crippen LogP contribution in [-0.4, -0.2) is 23.7 Å². The van der Waals surface area contributed by atoms with E-state index in [4.69, 9.17) is 5.11 Å². The molecule has 1 fully saturated rings. The smallest absolute Gasteiger partial charge is 0.220 e. The van der Waals surface area contributed by atoms with Crippen molar-refractivity contribution < 1.29 is 9.90 Å². The summed E-state index contributed by atoms with van der Waals surface area (Å²) in [4.78, 5) is 10.5. The quantitative estimate of drug-likeness (QED) is 0.535. The molecular formula is C6H11NO2. The Morgan fingerprint density at radius 3 is 3.00 bits per heavy atom. The van der Waals surface area contributed by atoms with Gasteiger partial charge in [-0.1, -0.05) is 0 Å². The minimum Gasteiger partial charge on any atom is -0.396 e. The highest BCUT2D eigenvalue weighted by Crippen LogP contribution is 2.08. The lowest BCUT2D eigenvalue weighted by atomic mass is 10.2. The summed E-state index contributed by atoms with van der Waals surface area (Å²) in [6, 6.07) is 0.238. The Morgan fingerprint density at radius 2 is 2.56 bits per heavy atom. The van der Waals surface area contributed by atoms with Crippen LogP contribution in [0.5, 0.6) is 0 Å². The topological polar surface area (TPSA) is 49.3 Å². The monoisotopic (exact) mass is 129 g/mol. The molecule has 1 aliphatic heterocycles. The molecule has 0 spiro atoms. The number of carbonyl (C=O) groups excluding carboxylic acids is 1. The Morgan fingerprint density at radius 1 is 1.78 bits per heavy atom.